The Morgan fingerprint density at radius 3 is 2.83 bits per heavy atom. The van der Waals surface area contributed by atoms with E-state index in [9.17, 15) is 9.59 Å². The molecule has 1 aliphatic rings. The molecular formula is C18H22N4O2. The fourth-order valence-corrected chi connectivity index (χ4v) is 3.01. The molecule has 1 aromatic heterocycles. The van der Waals surface area contributed by atoms with Gasteiger partial charge in [-0.2, -0.15) is 5.10 Å². The predicted molar refractivity (Wildman–Crippen MR) is 91.8 cm³/mol. The molecule has 1 atom stereocenters. The second-order valence-corrected chi connectivity index (χ2v) is 6.33. The highest BCUT2D eigenvalue weighted by Gasteiger charge is 2.34. The number of likely N-dealkylation sites (tertiary alicyclic amines) is 1. The third-order valence-corrected chi connectivity index (χ3v) is 4.22. The van der Waals surface area contributed by atoms with Crippen LogP contribution in [0.4, 0.5) is 5.69 Å². The lowest BCUT2D eigenvalue weighted by Crippen LogP contribution is -2.44. The Hall–Kier alpha value is -2.63. The van der Waals surface area contributed by atoms with Gasteiger partial charge in [0.1, 0.15) is 6.04 Å². The Labute approximate surface area is 141 Å². The second kappa shape index (κ2) is 6.86. The molecule has 6 nitrogen and oxygen atoms in total. The summed E-state index contributed by atoms with van der Waals surface area (Å²) >= 11 is 0. The van der Waals surface area contributed by atoms with Crippen molar-refractivity contribution in [1.82, 2.24) is 14.7 Å². The van der Waals surface area contributed by atoms with Crippen molar-refractivity contribution in [3.8, 4) is 5.69 Å². The molecule has 2 amide bonds. The highest BCUT2D eigenvalue weighted by Crippen LogP contribution is 2.22. The van der Waals surface area contributed by atoms with Gasteiger partial charge in [0.05, 0.1) is 5.69 Å². The van der Waals surface area contributed by atoms with E-state index in [1.54, 1.807) is 15.8 Å². The SMILES string of the molecule is CC(C)C(=O)N1CCC[C@@H]1C(=O)Nc1cccc(-n2cccn2)c1. The van der Waals surface area contributed by atoms with E-state index in [2.05, 4.69) is 10.4 Å². The van der Waals surface area contributed by atoms with Crippen molar-refractivity contribution in [2.45, 2.75) is 32.7 Å². The van der Waals surface area contributed by atoms with Gasteiger partial charge in [-0.25, -0.2) is 4.68 Å². The molecule has 3 rings (SSSR count). The van der Waals surface area contributed by atoms with Crippen molar-refractivity contribution in [2.24, 2.45) is 5.92 Å². The van der Waals surface area contributed by atoms with E-state index >= 15 is 0 Å². The number of hydrogen-bond acceptors (Lipinski definition) is 3. The lowest BCUT2D eigenvalue weighted by Gasteiger charge is -2.25. The minimum absolute atomic E-state index is 0.0398. The number of hydrogen-bond donors (Lipinski definition) is 1. The first-order valence-corrected chi connectivity index (χ1v) is 8.27. The summed E-state index contributed by atoms with van der Waals surface area (Å²) in [6.45, 7) is 4.38. The highest BCUT2D eigenvalue weighted by molar-refractivity contribution is 5.97. The Kier molecular flexibility index (Phi) is 4.64. The summed E-state index contributed by atoms with van der Waals surface area (Å²) in [7, 11) is 0. The minimum atomic E-state index is -0.381. The summed E-state index contributed by atoms with van der Waals surface area (Å²) in [4.78, 5) is 26.6. The fourth-order valence-electron chi connectivity index (χ4n) is 3.01. The number of carbonyl (C=O) groups excluding carboxylic acids is 2. The molecular weight excluding hydrogens is 304 g/mol. The van der Waals surface area contributed by atoms with Gasteiger partial charge in [0.15, 0.2) is 0 Å². The molecule has 0 radical (unpaired) electrons. The van der Waals surface area contributed by atoms with Crippen molar-refractivity contribution in [1.29, 1.82) is 0 Å². The molecule has 126 valence electrons. The van der Waals surface area contributed by atoms with E-state index < -0.39 is 0 Å². The molecule has 1 aromatic carbocycles. The summed E-state index contributed by atoms with van der Waals surface area (Å²) in [5.74, 6) is -0.182. The number of carbonyl (C=O) groups is 2. The average molecular weight is 326 g/mol. The number of amides is 2. The number of benzene rings is 1. The van der Waals surface area contributed by atoms with Gasteiger partial charge < -0.3 is 10.2 Å². The second-order valence-electron chi connectivity index (χ2n) is 6.33. The molecule has 0 aliphatic carbocycles. The van der Waals surface area contributed by atoms with E-state index in [-0.39, 0.29) is 23.8 Å². The van der Waals surface area contributed by atoms with Crippen LogP contribution in [0.1, 0.15) is 26.7 Å². The van der Waals surface area contributed by atoms with Crippen molar-refractivity contribution >= 4 is 17.5 Å². The topological polar surface area (TPSA) is 67.2 Å². The lowest BCUT2D eigenvalue weighted by atomic mass is 10.1. The van der Waals surface area contributed by atoms with Crippen LogP contribution in [0.25, 0.3) is 5.69 Å². The van der Waals surface area contributed by atoms with Crippen LogP contribution in [-0.2, 0) is 9.59 Å². The van der Waals surface area contributed by atoms with Crippen LogP contribution in [0.5, 0.6) is 0 Å². The smallest absolute Gasteiger partial charge is 0.247 e. The van der Waals surface area contributed by atoms with Gasteiger partial charge in [0.2, 0.25) is 11.8 Å². The van der Waals surface area contributed by atoms with Crippen molar-refractivity contribution in [3.63, 3.8) is 0 Å². The molecule has 24 heavy (non-hydrogen) atoms. The van der Waals surface area contributed by atoms with Gasteiger partial charge in [-0.05, 0) is 37.1 Å². The lowest BCUT2D eigenvalue weighted by molar-refractivity contribution is -0.139. The zero-order chi connectivity index (χ0) is 17.1. The molecule has 0 bridgehead atoms. The van der Waals surface area contributed by atoms with Crippen LogP contribution in [-0.4, -0.2) is 39.1 Å². The van der Waals surface area contributed by atoms with Crippen LogP contribution in [0.2, 0.25) is 0 Å². The van der Waals surface area contributed by atoms with E-state index in [4.69, 9.17) is 0 Å². The molecule has 1 fully saturated rings. The predicted octanol–water partition coefficient (Wildman–Crippen LogP) is 2.46. The molecule has 0 saturated carbocycles. The molecule has 2 aromatic rings. The molecule has 6 heteroatoms. The standard InChI is InChI=1S/C18H22N4O2/c1-13(2)18(24)21-10-4-8-16(21)17(23)20-14-6-3-7-15(12-14)22-11-5-9-19-22/h3,5-7,9,11-13,16H,4,8,10H2,1-2H3,(H,20,23)/t16-/m1/s1. The molecule has 1 aliphatic heterocycles. The Morgan fingerprint density at radius 2 is 2.12 bits per heavy atom. The molecule has 0 unspecified atom stereocenters. The van der Waals surface area contributed by atoms with E-state index in [1.165, 1.54) is 0 Å². The normalized spacial score (nSPS) is 17.3. The third kappa shape index (κ3) is 3.32. The van der Waals surface area contributed by atoms with Crippen LogP contribution in [0, 0.1) is 5.92 Å². The molecule has 2 heterocycles. The largest absolute Gasteiger partial charge is 0.330 e. The van der Waals surface area contributed by atoms with Gasteiger partial charge in [-0.15, -0.1) is 0 Å². The Morgan fingerprint density at radius 1 is 1.29 bits per heavy atom. The Bertz CT molecular complexity index is 724. The van der Waals surface area contributed by atoms with Crippen LogP contribution in [0.3, 0.4) is 0 Å². The van der Waals surface area contributed by atoms with E-state index in [1.807, 2.05) is 50.4 Å². The van der Waals surface area contributed by atoms with Gasteiger partial charge in [0, 0.05) is 30.5 Å². The quantitative estimate of drug-likeness (QED) is 0.938. The number of anilines is 1. The minimum Gasteiger partial charge on any atom is -0.330 e. The number of nitrogens with zero attached hydrogens (tertiary/aromatic N) is 3. The van der Waals surface area contributed by atoms with Gasteiger partial charge >= 0.3 is 0 Å². The first-order valence-electron chi connectivity index (χ1n) is 8.27. The monoisotopic (exact) mass is 326 g/mol. The fraction of sp³-hybridized carbons (Fsp3) is 0.389. The molecule has 0 spiro atoms. The summed E-state index contributed by atoms with van der Waals surface area (Å²) in [6, 6.07) is 8.97. The maximum absolute atomic E-state index is 12.6. The number of rotatable bonds is 4. The summed E-state index contributed by atoms with van der Waals surface area (Å²) in [6.07, 6.45) is 5.13. The number of aromatic nitrogens is 2. The summed E-state index contributed by atoms with van der Waals surface area (Å²) in [5, 5.41) is 7.13. The molecule has 1 saturated heterocycles. The van der Waals surface area contributed by atoms with Crippen LogP contribution in [0.15, 0.2) is 42.7 Å². The van der Waals surface area contributed by atoms with Gasteiger partial charge in [0.25, 0.3) is 0 Å². The first-order chi connectivity index (χ1) is 11.6. The Balaban J connectivity index is 1.73. The van der Waals surface area contributed by atoms with E-state index in [0.717, 1.165) is 12.1 Å². The highest BCUT2D eigenvalue weighted by atomic mass is 16.2. The van der Waals surface area contributed by atoms with Crippen molar-refractivity contribution in [2.75, 3.05) is 11.9 Å². The molecule has 1 N–H and O–H groups in total. The first kappa shape index (κ1) is 16.2. The van der Waals surface area contributed by atoms with E-state index in [0.29, 0.717) is 18.7 Å². The van der Waals surface area contributed by atoms with Crippen LogP contribution < -0.4 is 5.32 Å². The maximum Gasteiger partial charge on any atom is 0.247 e. The van der Waals surface area contributed by atoms with Gasteiger partial charge in [-0.1, -0.05) is 19.9 Å². The summed E-state index contributed by atoms with van der Waals surface area (Å²) < 4.78 is 1.74. The van der Waals surface area contributed by atoms with Crippen LogP contribution >= 0.6 is 0 Å². The van der Waals surface area contributed by atoms with Crippen molar-refractivity contribution < 1.29 is 9.59 Å². The zero-order valence-electron chi connectivity index (χ0n) is 14.0. The maximum atomic E-state index is 12.6. The number of nitrogens with one attached hydrogen (secondary N) is 1. The average Bonchev–Trinajstić information content (AvgIpc) is 3.25. The summed E-state index contributed by atoms with van der Waals surface area (Å²) in [5.41, 5.74) is 1.58. The third-order valence-electron chi connectivity index (χ3n) is 4.22. The van der Waals surface area contributed by atoms with Gasteiger partial charge in [-0.3, -0.25) is 9.59 Å². The van der Waals surface area contributed by atoms with Crippen molar-refractivity contribution in [3.05, 3.63) is 42.7 Å². The zero-order valence-corrected chi connectivity index (χ0v) is 14.0.